The first kappa shape index (κ1) is 20.5. The topological polar surface area (TPSA) is 111 Å². The Morgan fingerprint density at radius 1 is 1.17 bits per heavy atom. The van der Waals surface area contributed by atoms with Gasteiger partial charge in [0, 0.05) is 22.3 Å². The van der Waals surface area contributed by atoms with Crippen LogP contribution in [0.2, 0.25) is 0 Å². The second kappa shape index (κ2) is 8.00. The number of Topliss-reactive ketones (excluding diaryl/α,β-unsaturated/α-hetero) is 1. The predicted molar refractivity (Wildman–Crippen MR) is 113 cm³/mol. The van der Waals surface area contributed by atoms with Crippen molar-refractivity contribution in [3.63, 3.8) is 0 Å². The number of carbonyl (C=O) groups excluding carboxylic acids is 3. The molecule has 2 aromatic heterocycles. The summed E-state index contributed by atoms with van der Waals surface area (Å²) in [5, 5.41) is 3.39. The van der Waals surface area contributed by atoms with Crippen molar-refractivity contribution in [3.05, 3.63) is 52.0 Å². The molecule has 0 aliphatic heterocycles. The molecule has 0 bridgehead atoms. The fourth-order valence-electron chi connectivity index (χ4n) is 2.92. The number of aromatic nitrogens is 1. The van der Waals surface area contributed by atoms with Crippen molar-refractivity contribution in [1.82, 2.24) is 4.98 Å². The lowest BCUT2D eigenvalue weighted by atomic mass is 10.1. The number of pyridine rings is 1. The van der Waals surface area contributed by atoms with Gasteiger partial charge >= 0.3 is 5.97 Å². The lowest BCUT2D eigenvalue weighted by molar-refractivity contribution is -0.123. The molecule has 3 N–H and O–H groups in total. The highest BCUT2D eigenvalue weighted by Gasteiger charge is 2.24. The molecule has 3 aromatic rings. The first-order chi connectivity index (χ1) is 13.7. The predicted octanol–water partition coefficient (Wildman–Crippen LogP) is 3.88. The van der Waals surface area contributed by atoms with Crippen molar-refractivity contribution in [2.75, 3.05) is 11.1 Å². The molecule has 0 aliphatic rings. The Kier molecular flexibility index (Phi) is 5.65. The van der Waals surface area contributed by atoms with Crippen LogP contribution < -0.4 is 11.1 Å². The fraction of sp³-hybridized carbons (Fsp3) is 0.238. The zero-order valence-corrected chi connectivity index (χ0v) is 17.3. The van der Waals surface area contributed by atoms with E-state index in [1.54, 1.807) is 24.3 Å². The van der Waals surface area contributed by atoms with Gasteiger partial charge in [-0.15, -0.1) is 11.3 Å². The zero-order chi connectivity index (χ0) is 21.3. The van der Waals surface area contributed by atoms with Gasteiger partial charge in [0.05, 0.1) is 5.69 Å². The molecular weight excluding hydrogens is 390 g/mol. The number of nitrogen functional groups attached to an aromatic ring is 1. The maximum atomic E-state index is 12.6. The smallest absolute Gasteiger partial charge is 0.351 e. The van der Waals surface area contributed by atoms with Gasteiger partial charge in [-0.25, -0.2) is 9.78 Å². The summed E-state index contributed by atoms with van der Waals surface area (Å²) in [6, 6.07) is 8.36. The molecule has 8 heteroatoms. The number of hydrogen-bond donors (Lipinski definition) is 2. The van der Waals surface area contributed by atoms with Crippen LogP contribution in [-0.2, 0) is 9.53 Å². The van der Waals surface area contributed by atoms with E-state index in [2.05, 4.69) is 10.3 Å². The van der Waals surface area contributed by atoms with Crippen LogP contribution in [0.3, 0.4) is 0 Å². The van der Waals surface area contributed by atoms with E-state index in [0.717, 1.165) is 28.0 Å². The van der Waals surface area contributed by atoms with Gasteiger partial charge in [0.2, 0.25) is 0 Å². The number of thiophene rings is 1. The third-order valence-electron chi connectivity index (χ3n) is 4.42. The second-order valence-electron chi connectivity index (χ2n) is 6.78. The summed E-state index contributed by atoms with van der Waals surface area (Å²) in [6.45, 7) is 6.72. The number of nitrogens with one attached hydrogen (secondary N) is 1. The molecule has 1 amide bonds. The van der Waals surface area contributed by atoms with Crippen LogP contribution in [0.1, 0.15) is 45.1 Å². The SMILES string of the molecule is CC(=O)c1ccc(NC(=O)C(C)OC(=O)c2sc3nc(C)cc(C)c3c2N)cc1. The van der Waals surface area contributed by atoms with Crippen molar-refractivity contribution in [3.8, 4) is 0 Å². The number of fused-ring (bicyclic) bond motifs is 1. The number of hydrogen-bond acceptors (Lipinski definition) is 7. The van der Waals surface area contributed by atoms with E-state index in [0.29, 0.717) is 21.8 Å². The molecule has 1 atom stereocenters. The monoisotopic (exact) mass is 411 g/mol. The van der Waals surface area contributed by atoms with E-state index in [9.17, 15) is 14.4 Å². The van der Waals surface area contributed by atoms with Crippen LogP contribution in [0, 0.1) is 13.8 Å². The lowest BCUT2D eigenvalue weighted by Gasteiger charge is -2.13. The Morgan fingerprint density at radius 2 is 1.83 bits per heavy atom. The largest absolute Gasteiger partial charge is 0.448 e. The Hall–Kier alpha value is -3.26. The summed E-state index contributed by atoms with van der Waals surface area (Å²) in [5.74, 6) is -1.22. The number of esters is 1. The highest BCUT2D eigenvalue weighted by molar-refractivity contribution is 7.21. The van der Waals surface area contributed by atoms with E-state index < -0.39 is 18.0 Å². The normalized spacial score (nSPS) is 11.9. The van der Waals surface area contributed by atoms with Crippen molar-refractivity contribution in [2.45, 2.75) is 33.8 Å². The maximum absolute atomic E-state index is 12.6. The number of nitrogens with two attached hydrogens (primary N) is 1. The third kappa shape index (κ3) is 4.27. The van der Waals surface area contributed by atoms with E-state index in [1.807, 2.05) is 19.9 Å². The zero-order valence-electron chi connectivity index (χ0n) is 16.5. The standard InChI is InChI=1S/C21H21N3O4S/c1-10-9-11(2)23-20-16(10)17(22)18(29-20)21(27)28-13(4)19(26)24-15-7-5-14(6-8-15)12(3)25/h5-9,13H,22H2,1-4H3,(H,24,26). The van der Waals surface area contributed by atoms with Gasteiger partial charge in [0.1, 0.15) is 9.71 Å². The Bertz CT molecular complexity index is 1120. The van der Waals surface area contributed by atoms with Crippen molar-refractivity contribution in [2.24, 2.45) is 0 Å². The first-order valence-corrected chi connectivity index (χ1v) is 9.78. The summed E-state index contributed by atoms with van der Waals surface area (Å²) in [5.41, 5.74) is 9.27. The van der Waals surface area contributed by atoms with Crippen LogP contribution in [0.25, 0.3) is 10.2 Å². The number of ether oxygens (including phenoxy) is 1. The number of anilines is 2. The summed E-state index contributed by atoms with van der Waals surface area (Å²) in [6.07, 6.45) is -1.03. The number of aryl methyl sites for hydroxylation is 2. The Labute approximate surface area is 171 Å². The Balaban J connectivity index is 1.72. The molecule has 2 heterocycles. The Morgan fingerprint density at radius 3 is 2.45 bits per heavy atom. The van der Waals surface area contributed by atoms with Gasteiger partial charge in [-0.2, -0.15) is 0 Å². The van der Waals surface area contributed by atoms with Gasteiger partial charge in [-0.3, -0.25) is 9.59 Å². The van der Waals surface area contributed by atoms with Gasteiger partial charge < -0.3 is 15.8 Å². The van der Waals surface area contributed by atoms with Gasteiger partial charge in [-0.1, -0.05) is 0 Å². The summed E-state index contributed by atoms with van der Waals surface area (Å²) >= 11 is 1.15. The summed E-state index contributed by atoms with van der Waals surface area (Å²) in [7, 11) is 0. The molecule has 0 saturated heterocycles. The van der Waals surface area contributed by atoms with E-state index in [4.69, 9.17) is 10.5 Å². The molecule has 1 aromatic carbocycles. The van der Waals surface area contributed by atoms with Crippen molar-refractivity contribution in [1.29, 1.82) is 0 Å². The minimum absolute atomic E-state index is 0.0639. The van der Waals surface area contributed by atoms with Crippen LogP contribution >= 0.6 is 11.3 Å². The maximum Gasteiger partial charge on any atom is 0.351 e. The quantitative estimate of drug-likeness (QED) is 0.487. The molecule has 7 nitrogen and oxygen atoms in total. The highest BCUT2D eigenvalue weighted by Crippen LogP contribution is 2.35. The average Bonchev–Trinajstić information content (AvgIpc) is 2.98. The number of nitrogens with zero attached hydrogens (tertiary/aromatic N) is 1. The van der Waals surface area contributed by atoms with E-state index in [-0.39, 0.29) is 10.7 Å². The van der Waals surface area contributed by atoms with Gasteiger partial charge in [0.15, 0.2) is 11.9 Å². The molecule has 150 valence electrons. The van der Waals surface area contributed by atoms with Gasteiger partial charge in [-0.05, 0) is 63.6 Å². The number of carbonyl (C=O) groups is 3. The highest BCUT2D eigenvalue weighted by atomic mass is 32.1. The molecule has 0 aliphatic carbocycles. The molecule has 0 spiro atoms. The molecule has 0 radical (unpaired) electrons. The molecule has 0 saturated carbocycles. The minimum atomic E-state index is -1.03. The summed E-state index contributed by atoms with van der Waals surface area (Å²) < 4.78 is 5.31. The fourth-order valence-corrected chi connectivity index (χ4v) is 4.02. The summed E-state index contributed by atoms with van der Waals surface area (Å²) in [4.78, 5) is 41.6. The number of benzene rings is 1. The van der Waals surface area contributed by atoms with Crippen LogP contribution in [0.5, 0.6) is 0 Å². The van der Waals surface area contributed by atoms with Crippen molar-refractivity contribution < 1.29 is 19.1 Å². The number of ketones is 1. The third-order valence-corrected chi connectivity index (χ3v) is 5.50. The number of rotatable bonds is 5. The van der Waals surface area contributed by atoms with E-state index in [1.165, 1.54) is 13.8 Å². The average molecular weight is 411 g/mol. The number of amides is 1. The van der Waals surface area contributed by atoms with Crippen molar-refractivity contribution >= 4 is 50.6 Å². The van der Waals surface area contributed by atoms with Crippen LogP contribution in [0.4, 0.5) is 11.4 Å². The van der Waals surface area contributed by atoms with Gasteiger partial charge in [0.25, 0.3) is 5.91 Å². The minimum Gasteiger partial charge on any atom is -0.448 e. The molecule has 1 unspecified atom stereocenters. The first-order valence-electron chi connectivity index (χ1n) is 8.96. The second-order valence-corrected chi connectivity index (χ2v) is 7.77. The van der Waals surface area contributed by atoms with Crippen LogP contribution in [0.15, 0.2) is 30.3 Å². The molecule has 0 fully saturated rings. The molecule has 3 rings (SSSR count). The molecule has 29 heavy (non-hydrogen) atoms. The molecular formula is C21H21N3O4S. The van der Waals surface area contributed by atoms with Crippen LogP contribution in [-0.4, -0.2) is 28.7 Å². The van der Waals surface area contributed by atoms with E-state index >= 15 is 0 Å². The lowest BCUT2D eigenvalue weighted by Crippen LogP contribution is -2.30.